The van der Waals surface area contributed by atoms with Gasteiger partial charge in [0, 0.05) is 27.6 Å². The minimum absolute atomic E-state index is 0. The molecule has 1 N–H and O–H groups in total. The van der Waals surface area contributed by atoms with Crippen molar-refractivity contribution in [2.24, 2.45) is 5.16 Å². The number of rotatable bonds is 3. The largest absolute Gasteiger partial charge is 1.00 e. The molecule has 1 heterocycles. The van der Waals surface area contributed by atoms with Crippen molar-refractivity contribution in [2.45, 2.75) is 18.2 Å². The Morgan fingerprint density at radius 3 is 2.24 bits per heavy atom. The molecular formula is C22H15Cl2F3NNaO4. The fourth-order valence-electron chi connectivity index (χ4n) is 3.67. The molecule has 4 rings (SSSR count). The summed E-state index contributed by atoms with van der Waals surface area (Å²) in [5.74, 6) is -0.550. The van der Waals surface area contributed by atoms with E-state index in [-0.39, 0.29) is 56.4 Å². The summed E-state index contributed by atoms with van der Waals surface area (Å²) in [5, 5.41) is 4.99. The minimum Gasteiger partial charge on any atom is -0.870 e. The van der Waals surface area contributed by atoms with Crippen molar-refractivity contribution >= 4 is 45.7 Å². The first-order valence-corrected chi connectivity index (χ1v) is 9.80. The van der Waals surface area contributed by atoms with E-state index >= 15 is 0 Å². The molecule has 0 radical (unpaired) electrons. The van der Waals surface area contributed by atoms with Gasteiger partial charge in [0.2, 0.25) is 0 Å². The Morgan fingerprint density at radius 2 is 1.67 bits per heavy atom. The summed E-state index contributed by atoms with van der Waals surface area (Å²) < 4.78 is 47.5. The van der Waals surface area contributed by atoms with Crippen LogP contribution in [0.25, 0.3) is 10.8 Å². The first kappa shape index (κ1) is 27.4. The topological polar surface area (TPSA) is 77.9 Å². The maximum Gasteiger partial charge on any atom is 1.00 e. The van der Waals surface area contributed by atoms with Crippen LogP contribution in [0.3, 0.4) is 0 Å². The van der Waals surface area contributed by atoms with Gasteiger partial charge in [0.25, 0.3) is 5.60 Å². The number of carbonyl (C=O) groups is 1. The molecule has 1 aliphatic heterocycles. The molecule has 0 spiro atoms. The summed E-state index contributed by atoms with van der Waals surface area (Å²) in [4.78, 5) is 17.2. The SMILES string of the molecule is COC(=O)c1ccc(C2=NOC(c3cc(Cl)cc(Cl)c3)(C(F)(F)F)C2)c2ccccc12.[Na+].[OH-]. The fourth-order valence-corrected chi connectivity index (χ4v) is 4.20. The first-order chi connectivity index (χ1) is 14.7. The summed E-state index contributed by atoms with van der Waals surface area (Å²) in [6, 6.07) is 13.5. The van der Waals surface area contributed by atoms with E-state index in [1.807, 2.05) is 0 Å². The molecule has 1 aliphatic rings. The molecule has 0 aromatic heterocycles. The maximum absolute atomic E-state index is 14.2. The Kier molecular flexibility index (Phi) is 8.49. The number of benzene rings is 3. The van der Waals surface area contributed by atoms with Gasteiger partial charge >= 0.3 is 41.7 Å². The number of oxime groups is 1. The van der Waals surface area contributed by atoms with Crippen molar-refractivity contribution in [1.29, 1.82) is 0 Å². The van der Waals surface area contributed by atoms with Gasteiger partial charge in [-0.3, -0.25) is 0 Å². The molecule has 168 valence electrons. The van der Waals surface area contributed by atoms with Crippen LogP contribution in [0.1, 0.15) is 27.9 Å². The van der Waals surface area contributed by atoms with Crippen molar-refractivity contribution < 1.29 is 62.6 Å². The standard InChI is InChI=1S/C22H14Cl2F3NO3.Na.H2O/c1-30-20(29)18-7-6-17(15-4-2-3-5-16(15)18)19-11-21(31-28-19,22(25,26)27)12-8-13(23)10-14(24)9-12;;/h2-10H,11H2,1H3;;1H2/q;+1;/p-1. The quantitative estimate of drug-likeness (QED) is 0.402. The molecule has 0 amide bonds. The van der Waals surface area contributed by atoms with E-state index in [0.29, 0.717) is 21.9 Å². The molecule has 1 atom stereocenters. The van der Waals surface area contributed by atoms with Gasteiger partial charge in [0.05, 0.1) is 18.4 Å². The Morgan fingerprint density at radius 1 is 1.06 bits per heavy atom. The van der Waals surface area contributed by atoms with Gasteiger partial charge in [0.15, 0.2) is 0 Å². The van der Waals surface area contributed by atoms with E-state index in [0.717, 1.165) is 12.1 Å². The minimum atomic E-state index is -4.80. The third-order valence-electron chi connectivity index (χ3n) is 5.16. The van der Waals surface area contributed by atoms with E-state index in [4.69, 9.17) is 32.8 Å². The first-order valence-electron chi connectivity index (χ1n) is 9.05. The number of ether oxygens (including phenoxy) is 1. The monoisotopic (exact) mass is 507 g/mol. The van der Waals surface area contributed by atoms with E-state index < -0.39 is 24.2 Å². The molecule has 0 fully saturated rings. The summed E-state index contributed by atoms with van der Waals surface area (Å²) in [5.41, 5.74) is -2.18. The second-order valence-corrected chi connectivity index (χ2v) is 7.86. The fraction of sp³-hybridized carbons (Fsp3) is 0.182. The van der Waals surface area contributed by atoms with Gasteiger partial charge in [0.1, 0.15) is 0 Å². The van der Waals surface area contributed by atoms with Gasteiger partial charge in [-0.2, -0.15) is 13.2 Å². The normalized spacial score (nSPS) is 17.5. The molecule has 0 bridgehead atoms. The number of fused-ring (bicyclic) bond motifs is 1. The van der Waals surface area contributed by atoms with Crippen molar-refractivity contribution in [3.63, 3.8) is 0 Å². The van der Waals surface area contributed by atoms with Gasteiger partial charge in [-0.1, -0.05) is 58.7 Å². The molecule has 3 aromatic carbocycles. The molecule has 0 saturated carbocycles. The summed E-state index contributed by atoms with van der Waals surface area (Å²) in [6.45, 7) is 0. The van der Waals surface area contributed by atoms with Gasteiger partial charge in [-0.15, -0.1) is 0 Å². The number of carbonyl (C=O) groups excluding carboxylic acids is 1. The Labute approximate surface area is 219 Å². The van der Waals surface area contributed by atoms with Crippen LogP contribution in [0.2, 0.25) is 10.0 Å². The average Bonchev–Trinajstić information content (AvgIpc) is 3.18. The van der Waals surface area contributed by atoms with Crippen LogP contribution in [0.4, 0.5) is 13.2 Å². The van der Waals surface area contributed by atoms with E-state index in [2.05, 4.69) is 5.16 Å². The van der Waals surface area contributed by atoms with Crippen molar-refractivity contribution in [1.82, 2.24) is 0 Å². The summed E-state index contributed by atoms with van der Waals surface area (Å²) in [7, 11) is 1.26. The number of hydrogen-bond donors (Lipinski definition) is 0. The smallest absolute Gasteiger partial charge is 0.870 e. The predicted octanol–water partition coefficient (Wildman–Crippen LogP) is 3.34. The number of halogens is 5. The molecule has 33 heavy (non-hydrogen) atoms. The number of nitrogens with zero attached hydrogens (tertiary/aromatic N) is 1. The van der Waals surface area contributed by atoms with Crippen LogP contribution in [0.5, 0.6) is 0 Å². The van der Waals surface area contributed by atoms with E-state index in [1.54, 1.807) is 24.3 Å². The molecule has 11 heteroatoms. The zero-order valence-electron chi connectivity index (χ0n) is 17.4. The Hall–Kier alpha value is -1.81. The zero-order chi connectivity index (χ0) is 22.4. The maximum atomic E-state index is 14.2. The predicted molar refractivity (Wildman–Crippen MR) is 114 cm³/mol. The van der Waals surface area contributed by atoms with Crippen LogP contribution in [-0.2, 0) is 15.2 Å². The number of alkyl halides is 3. The Balaban J connectivity index is 0.00000193. The molecule has 0 saturated heterocycles. The van der Waals surface area contributed by atoms with Crippen molar-refractivity contribution in [3.8, 4) is 0 Å². The van der Waals surface area contributed by atoms with Crippen molar-refractivity contribution in [3.05, 3.63) is 81.3 Å². The second-order valence-electron chi connectivity index (χ2n) is 6.99. The van der Waals surface area contributed by atoms with Gasteiger partial charge in [-0.05, 0) is 35.0 Å². The second kappa shape index (κ2) is 10.2. The third-order valence-corrected chi connectivity index (χ3v) is 5.59. The third kappa shape index (κ3) is 4.87. The summed E-state index contributed by atoms with van der Waals surface area (Å²) >= 11 is 11.9. The van der Waals surface area contributed by atoms with Crippen LogP contribution in [-0.4, -0.2) is 30.4 Å². The molecule has 0 aliphatic carbocycles. The summed E-state index contributed by atoms with van der Waals surface area (Å²) in [6.07, 6.45) is -5.39. The average molecular weight is 508 g/mol. The van der Waals surface area contributed by atoms with Crippen molar-refractivity contribution in [2.75, 3.05) is 7.11 Å². The zero-order valence-corrected chi connectivity index (χ0v) is 20.9. The van der Waals surface area contributed by atoms with Gasteiger partial charge in [-0.25, -0.2) is 4.79 Å². The van der Waals surface area contributed by atoms with Crippen LogP contribution in [0, 0.1) is 0 Å². The van der Waals surface area contributed by atoms with Crippen LogP contribution >= 0.6 is 23.2 Å². The number of methoxy groups -OCH3 is 1. The van der Waals surface area contributed by atoms with Crippen LogP contribution in [0.15, 0.2) is 59.8 Å². The number of hydrogen-bond acceptors (Lipinski definition) is 5. The van der Waals surface area contributed by atoms with Crippen LogP contribution < -0.4 is 29.6 Å². The molecule has 3 aromatic rings. The van der Waals surface area contributed by atoms with E-state index in [1.165, 1.54) is 25.3 Å². The molecule has 1 unspecified atom stereocenters. The Bertz CT molecular complexity index is 1220. The number of esters is 1. The molecular weight excluding hydrogens is 493 g/mol. The molecule has 5 nitrogen and oxygen atoms in total. The van der Waals surface area contributed by atoms with E-state index in [9.17, 15) is 18.0 Å². The van der Waals surface area contributed by atoms with Gasteiger partial charge < -0.3 is 15.1 Å².